The summed E-state index contributed by atoms with van der Waals surface area (Å²) in [4.78, 5) is 0. The van der Waals surface area contributed by atoms with Crippen molar-refractivity contribution in [1.29, 1.82) is 0 Å². The van der Waals surface area contributed by atoms with Crippen LogP contribution >= 0.6 is 0 Å². The van der Waals surface area contributed by atoms with Gasteiger partial charge in [0.2, 0.25) is 0 Å². The fourth-order valence-electron chi connectivity index (χ4n) is 1.00. The molecule has 0 saturated heterocycles. The Labute approximate surface area is 118 Å². The topological polar surface area (TPSA) is 78.2 Å². The second-order valence-electron chi connectivity index (χ2n) is 2.86. The van der Waals surface area contributed by atoms with Crippen molar-refractivity contribution in [2.75, 3.05) is 14.2 Å². The van der Waals surface area contributed by atoms with E-state index in [9.17, 15) is 0 Å². The van der Waals surface area contributed by atoms with E-state index in [2.05, 4.69) is 20.0 Å². The standard InChI is InChI=1S/C9H14O2.3CO.Fe/c1-9(11-3)6-4-8(10-2)5-7-9;3*1-2;/h4-6H,7H2,1-3H3;;;;/t9-;;;;/m1..../s1. The van der Waals surface area contributed by atoms with Crippen LogP contribution in [0, 0.1) is 20.0 Å². The third kappa shape index (κ3) is 11.5. The molecule has 0 unspecified atom stereocenters. The van der Waals surface area contributed by atoms with E-state index in [0.717, 1.165) is 12.2 Å². The minimum atomic E-state index is -0.137. The molecular formula is C12H14FeO5. The minimum absolute atomic E-state index is 0. The fourth-order valence-corrected chi connectivity index (χ4v) is 1.00. The average molecular weight is 294 g/mol. The molecule has 1 atom stereocenters. The maximum absolute atomic E-state index is 7.50. The van der Waals surface area contributed by atoms with Gasteiger partial charge in [0, 0.05) is 30.6 Å². The van der Waals surface area contributed by atoms with Gasteiger partial charge in [0.15, 0.2) is 0 Å². The van der Waals surface area contributed by atoms with E-state index in [1.54, 1.807) is 14.2 Å². The molecule has 0 aromatic carbocycles. The number of rotatable bonds is 2. The van der Waals surface area contributed by atoms with Crippen LogP contribution < -0.4 is 0 Å². The van der Waals surface area contributed by atoms with Crippen molar-refractivity contribution in [3.05, 3.63) is 43.9 Å². The van der Waals surface area contributed by atoms with E-state index < -0.39 is 0 Å². The van der Waals surface area contributed by atoms with Crippen LogP contribution in [0.1, 0.15) is 13.3 Å². The number of allylic oxidation sites excluding steroid dienone is 1. The second-order valence-corrected chi connectivity index (χ2v) is 2.86. The molecule has 0 spiro atoms. The van der Waals surface area contributed by atoms with Gasteiger partial charge in [0.1, 0.15) is 5.76 Å². The van der Waals surface area contributed by atoms with Crippen molar-refractivity contribution in [1.82, 2.24) is 0 Å². The van der Waals surface area contributed by atoms with Gasteiger partial charge in [-0.3, -0.25) is 0 Å². The molecule has 0 saturated carbocycles. The van der Waals surface area contributed by atoms with Crippen molar-refractivity contribution in [3.63, 3.8) is 0 Å². The average Bonchev–Trinajstić information content (AvgIpc) is 2.46. The van der Waals surface area contributed by atoms with Gasteiger partial charge in [0.25, 0.3) is 0 Å². The van der Waals surface area contributed by atoms with Crippen LogP contribution in [0.25, 0.3) is 0 Å². The van der Waals surface area contributed by atoms with E-state index in [0.29, 0.717) is 0 Å². The van der Waals surface area contributed by atoms with Gasteiger partial charge < -0.3 is 9.47 Å². The Kier molecular flexibility index (Phi) is 26.2. The van der Waals surface area contributed by atoms with Crippen molar-refractivity contribution >= 4 is 0 Å². The van der Waals surface area contributed by atoms with Gasteiger partial charge in [-0.2, -0.15) is 0 Å². The first-order chi connectivity index (χ1) is 8.20. The first-order valence-corrected chi connectivity index (χ1v) is 4.30. The predicted molar refractivity (Wildman–Crippen MR) is 56.1 cm³/mol. The normalized spacial score (nSPS) is 18.6. The molecule has 0 bridgehead atoms. The molecule has 0 fully saturated rings. The van der Waals surface area contributed by atoms with Crippen molar-refractivity contribution in [2.45, 2.75) is 18.9 Å². The molecule has 0 radical (unpaired) electrons. The SMILES string of the molecule is COC1=CC[C@](C)(OC)C=C1.[C-]#[O+].[C-]#[O+].[C-]#[O+].[Fe]. The Bertz CT molecular complexity index is 289. The molecule has 18 heavy (non-hydrogen) atoms. The summed E-state index contributed by atoms with van der Waals surface area (Å²) in [5.74, 6) is 0.916. The van der Waals surface area contributed by atoms with Gasteiger partial charge in [-0.1, -0.05) is 0 Å². The number of hydrogen-bond acceptors (Lipinski definition) is 2. The maximum atomic E-state index is 7.50. The summed E-state index contributed by atoms with van der Waals surface area (Å²) >= 11 is 0. The van der Waals surface area contributed by atoms with Crippen LogP contribution in [0.5, 0.6) is 0 Å². The monoisotopic (exact) mass is 294 g/mol. The van der Waals surface area contributed by atoms with Gasteiger partial charge in [-0.05, 0) is 25.2 Å². The third-order valence-electron chi connectivity index (χ3n) is 2.01. The van der Waals surface area contributed by atoms with Crippen molar-refractivity contribution in [2.24, 2.45) is 0 Å². The summed E-state index contributed by atoms with van der Waals surface area (Å²) in [5.41, 5.74) is -0.137. The molecule has 1 aliphatic carbocycles. The Morgan fingerprint density at radius 1 is 1.11 bits per heavy atom. The summed E-state index contributed by atoms with van der Waals surface area (Å²) in [7, 11) is 3.39. The van der Waals surface area contributed by atoms with Crippen LogP contribution in [-0.2, 0) is 40.5 Å². The molecule has 0 N–H and O–H groups in total. The molecule has 0 aromatic heterocycles. The first kappa shape index (κ1) is 25.7. The zero-order chi connectivity index (χ0) is 14.3. The molecule has 6 heteroatoms. The van der Waals surface area contributed by atoms with Gasteiger partial charge in [-0.15, -0.1) is 0 Å². The van der Waals surface area contributed by atoms with Crippen molar-refractivity contribution in [3.8, 4) is 0 Å². The van der Waals surface area contributed by atoms with Crippen molar-refractivity contribution < 1.29 is 40.5 Å². The summed E-state index contributed by atoms with van der Waals surface area (Å²) in [6.07, 6.45) is 6.87. The first-order valence-electron chi connectivity index (χ1n) is 4.30. The largest absolute Gasteiger partial charge is 0 e. The van der Waals surface area contributed by atoms with E-state index in [-0.39, 0.29) is 22.7 Å². The van der Waals surface area contributed by atoms with Gasteiger partial charge in [-0.25, -0.2) is 0 Å². The zero-order valence-electron chi connectivity index (χ0n) is 10.3. The maximum Gasteiger partial charge on any atom is 0 e. The van der Waals surface area contributed by atoms with E-state index in [4.69, 9.17) is 23.4 Å². The Hall–Kier alpha value is -1.02. The van der Waals surface area contributed by atoms with Crippen LogP contribution in [0.15, 0.2) is 24.0 Å². The zero-order valence-corrected chi connectivity index (χ0v) is 11.4. The van der Waals surface area contributed by atoms with Crippen LogP contribution in [-0.4, -0.2) is 19.8 Å². The fraction of sp³-hybridized carbons (Fsp3) is 0.417. The number of methoxy groups -OCH3 is 2. The summed E-state index contributed by atoms with van der Waals surface area (Å²) in [6, 6.07) is 0. The molecule has 0 aliphatic heterocycles. The van der Waals surface area contributed by atoms with Gasteiger partial charge in [0.05, 0.1) is 12.7 Å². The smallest absolute Gasteiger partial charge is 0 e. The van der Waals surface area contributed by atoms with E-state index >= 15 is 0 Å². The number of ether oxygens (including phenoxy) is 2. The van der Waals surface area contributed by atoms with Gasteiger partial charge >= 0.3 is 33.9 Å². The van der Waals surface area contributed by atoms with Crippen LogP contribution in [0.2, 0.25) is 0 Å². The van der Waals surface area contributed by atoms with E-state index in [1.165, 1.54) is 0 Å². The van der Waals surface area contributed by atoms with E-state index in [1.807, 2.05) is 25.2 Å². The molecule has 1 rings (SSSR count). The third-order valence-corrected chi connectivity index (χ3v) is 2.01. The second kappa shape index (κ2) is 18.3. The Morgan fingerprint density at radius 2 is 1.56 bits per heavy atom. The molecule has 100 valence electrons. The molecule has 0 heterocycles. The molecule has 1 aliphatic rings. The quantitative estimate of drug-likeness (QED) is 0.442. The van der Waals surface area contributed by atoms with Crippen LogP contribution in [0.4, 0.5) is 0 Å². The summed E-state index contributed by atoms with van der Waals surface area (Å²) in [5, 5.41) is 0. The van der Waals surface area contributed by atoms with Crippen LogP contribution in [0.3, 0.4) is 0 Å². The number of hydrogen-bond donors (Lipinski definition) is 0. The summed E-state index contributed by atoms with van der Waals surface area (Å²) in [6.45, 7) is 15.5. The summed E-state index contributed by atoms with van der Waals surface area (Å²) < 4.78 is 32.8. The molecule has 0 amide bonds. The Balaban J connectivity index is -0.000000123. The molecular weight excluding hydrogens is 280 g/mol. The predicted octanol–water partition coefficient (Wildman–Crippen LogP) is 1.77. The Morgan fingerprint density at radius 3 is 1.78 bits per heavy atom. The molecule has 5 nitrogen and oxygen atoms in total. The molecule has 0 aromatic rings. The minimum Gasteiger partial charge on any atom is 0 e.